The van der Waals surface area contributed by atoms with Gasteiger partial charge in [0.15, 0.2) is 11.5 Å². The van der Waals surface area contributed by atoms with Crippen LogP contribution in [0.4, 0.5) is 11.4 Å². The molecule has 124 valence electrons. The van der Waals surface area contributed by atoms with Crippen LogP contribution in [-0.2, 0) is 0 Å². The predicted molar refractivity (Wildman–Crippen MR) is 86.5 cm³/mol. The third-order valence-corrected chi connectivity index (χ3v) is 3.79. The van der Waals surface area contributed by atoms with Crippen LogP contribution < -0.4 is 20.1 Å². The minimum Gasteiger partial charge on any atom is -0.493 e. The zero-order chi connectivity index (χ0) is 17.3. The van der Waals surface area contributed by atoms with Gasteiger partial charge in [0.05, 0.1) is 36.3 Å². The fourth-order valence-corrected chi connectivity index (χ4v) is 2.64. The van der Waals surface area contributed by atoms with E-state index in [1.165, 1.54) is 26.4 Å². The summed E-state index contributed by atoms with van der Waals surface area (Å²) < 4.78 is 10.3. The largest absolute Gasteiger partial charge is 0.493 e. The van der Waals surface area contributed by atoms with Gasteiger partial charge in [-0.2, -0.15) is 0 Å². The average Bonchev–Trinajstić information content (AvgIpc) is 2.60. The summed E-state index contributed by atoms with van der Waals surface area (Å²) in [6.07, 6.45) is -0.757. The number of carbonyl (C=O) groups excluding carboxylic acids is 1. The van der Waals surface area contributed by atoms with Crippen molar-refractivity contribution in [3.05, 3.63) is 57.6 Å². The fraction of sp³-hybridized carbons (Fsp3) is 0.188. The Labute approximate surface area is 137 Å². The Morgan fingerprint density at radius 2 is 1.75 bits per heavy atom. The molecule has 1 aliphatic rings. The highest BCUT2D eigenvalue weighted by atomic mass is 16.6. The molecule has 0 radical (unpaired) electrons. The average molecular weight is 329 g/mol. The maximum Gasteiger partial charge on any atom is 0.280 e. The highest BCUT2D eigenvalue weighted by Crippen LogP contribution is 2.38. The number of carbonyl (C=O) groups is 1. The van der Waals surface area contributed by atoms with Gasteiger partial charge < -0.3 is 20.1 Å². The monoisotopic (exact) mass is 329 g/mol. The van der Waals surface area contributed by atoms with Gasteiger partial charge in [0.2, 0.25) is 0 Å². The van der Waals surface area contributed by atoms with Gasteiger partial charge in [-0.15, -0.1) is 0 Å². The lowest BCUT2D eigenvalue weighted by molar-refractivity contribution is -0.385. The lowest BCUT2D eigenvalue weighted by Crippen LogP contribution is -2.38. The number of amides is 1. The standard InChI is InChI=1S/C16H15N3O5/c1-23-13-7-10(12(19(21)22)8-14(13)24-2)15-17-11-6-4-3-5-9(11)16(20)18-15/h3-8,15,17H,1-2H3,(H,18,20). The van der Waals surface area contributed by atoms with Crippen LogP contribution in [0.2, 0.25) is 0 Å². The van der Waals surface area contributed by atoms with E-state index in [-0.39, 0.29) is 22.9 Å². The normalized spacial score (nSPS) is 15.8. The topological polar surface area (TPSA) is 103 Å². The van der Waals surface area contributed by atoms with E-state index in [0.717, 1.165) is 0 Å². The molecule has 0 bridgehead atoms. The number of para-hydroxylation sites is 1. The molecular weight excluding hydrogens is 314 g/mol. The molecule has 0 saturated heterocycles. The molecule has 1 heterocycles. The number of hydrogen-bond acceptors (Lipinski definition) is 6. The highest BCUT2D eigenvalue weighted by molar-refractivity contribution is 6.01. The molecule has 8 heteroatoms. The van der Waals surface area contributed by atoms with Crippen LogP contribution >= 0.6 is 0 Å². The molecular formula is C16H15N3O5. The van der Waals surface area contributed by atoms with Crippen molar-refractivity contribution in [3.8, 4) is 11.5 Å². The Morgan fingerprint density at radius 3 is 2.42 bits per heavy atom. The number of fused-ring (bicyclic) bond motifs is 1. The van der Waals surface area contributed by atoms with Crippen molar-refractivity contribution < 1.29 is 19.2 Å². The second kappa shape index (κ2) is 6.07. The van der Waals surface area contributed by atoms with Crippen LogP contribution in [0.3, 0.4) is 0 Å². The van der Waals surface area contributed by atoms with Gasteiger partial charge in [-0.05, 0) is 18.2 Å². The molecule has 2 aromatic carbocycles. The number of benzene rings is 2. The van der Waals surface area contributed by atoms with Gasteiger partial charge >= 0.3 is 0 Å². The number of hydrogen-bond donors (Lipinski definition) is 2. The quantitative estimate of drug-likeness (QED) is 0.660. The molecule has 24 heavy (non-hydrogen) atoms. The Hall–Kier alpha value is -3.29. The zero-order valence-electron chi connectivity index (χ0n) is 13.0. The molecule has 0 saturated carbocycles. The third-order valence-electron chi connectivity index (χ3n) is 3.79. The van der Waals surface area contributed by atoms with E-state index >= 15 is 0 Å². The van der Waals surface area contributed by atoms with Crippen LogP contribution in [0.5, 0.6) is 11.5 Å². The smallest absolute Gasteiger partial charge is 0.280 e. The number of methoxy groups -OCH3 is 2. The van der Waals surface area contributed by atoms with Gasteiger partial charge in [0.25, 0.3) is 11.6 Å². The van der Waals surface area contributed by atoms with E-state index in [1.54, 1.807) is 24.3 Å². The first kappa shape index (κ1) is 15.6. The van der Waals surface area contributed by atoms with Crippen LogP contribution in [0.1, 0.15) is 22.1 Å². The van der Waals surface area contributed by atoms with Crippen LogP contribution in [-0.4, -0.2) is 25.1 Å². The summed E-state index contributed by atoms with van der Waals surface area (Å²) in [5.41, 5.74) is 1.19. The molecule has 0 aliphatic carbocycles. The minimum atomic E-state index is -0.757. The summed E-state index contributed by atoms with van der Waals surface area (Å²) >= 11 is 0. The van der Waals surface area contributed by atoms with Crippen molar-refractivity contribution in [2.75, 3.05) is 19.5 Å². The zero-order valence-corrected chi connectivity index (χ0v) is 13.0. The molecule has 2 N–H and O–H groups in total. The summed E-state index contributed by atoms with van der Waals surface area (Å²) in [4.78, 5) is 23.2. The van der Waals surface area contributed by atoms with Gasteiger partial charge in [-0.1, -0.05) is 12.1 Å². The van der Waals surface area contributed by atoms with E-state index in [0.29, 0.717) is 17.0 Å². The first-order valence-corrected chi connectivity index (χ1v) is 7.12. The maximum absolute atomic E-state index is 12.3. The number of rotatable bonds is 4. The van der Waals surface area contributed by atoms with Gasteiger partial charge in [-0.25, -0.2) is 0 Å². The van der Waals surface area contributed by atoms with E-state index < -0.39 is 11.1 Å². The second-order valence-corrected chi connectivity index (χ2v) is 5.12. The Bertz CT molecular complexity index is 821. The molecule has 8 nitrogen and oxygen atoms in total. The molecule has 2 aromatic rings. The Morgan fingerprint density at radius 1 is 1.08 bits per heavy atom. The van der Waals surface area contributed by atoms with E-state index in [2.05, 4.69) is 10.6 Å². The lowest BCUT2D eigenvalue weighted by atomic mass is 10.0. The molecule has 1 atom stereocenters. The Balaban J connectivity index is 2.09. The summed E-state index contributed by atoms with van der Waals surface area (Å²) in [6.45, 7) is 0. The predicted octanol–water partition coefficient (Wildman–Crippen LogP) is 2.47. The van der Waals surface area contributed by atoms with E-state index in [4.69, 9.17) is 9.47 Å². The minimum absolute atomic E-state index is 0.176. The molecule has 0 spiro atoms. The van der Waals surface area contributed by atoms with Gasteiger partial charge in [0, 0.05) is 5.69 Å². The summed E-state index contributed by atoms with van der Waals surface area (Å²) in [5.74, 6) is 0.280. The number of nitro benzene ring substituents is 1. The number of nitro groups is 1. The lowest BCUT2D eigenvalue weighted by Gasteiger charge is -2.28. The van der Waals surface area contributed by atoms with Crippen molar-refractivity contribution in [1.29, 1.82) is 0 Å². The van der Waals surface area contributed by atoms with Gasteiger partial charge in [0.1, 0.15) is 6.17 Å². The van der Waals surface area contributed by atoms with Crippen LogP contribution in [0.15, 0.2) is 36.4 Å². The highest BCUT2D eigenvalue weighted by Gasteiger charge is 2.31. The first-order valence-electron chi connectivity index (χ1n) is 7.12. The summed E-state index contributed by atoms with van der Waals surface area (Å²) in [5, 5.41) is 17.2. The molecule has 3 rings (SSSR count). The molecule has 1 amide bonds. The van der Waals surface area contributed by atoms with E-state index in [1.807, 2.05) is 0 Å². The maximum atomic E-state index is 12.3. The van der Waals surface area contributed by atoms with E-state index in [9.17, 15) is 14.9 Å². The van der Waals surface area contributed by atoms with Crippen molar-refractivity contribution in [3.63, 3.8) is 0 Å². The third kappa shape index (κ3) is 2.58. The fourth-order valence-electron chi connectivity index (χ4n) is 2.64. The van der Waals surface area contributed by atoms with Crippen LogP contribution in [0, 0.1) is 10.1 Å². The molecule has 1 aliphatic heterocycles. The van der Waals surface area contributed by atoms with Crippen molar-refractivity contribution in [1.82, 2.24) is 5.32 Å². The van der Waals surface area contributed by atoms with Crippen LogP contribution in [0.25, 0.3) is 0 Å². The summed E-state index contributed by atoms with van der Waals surface area (Å²) in [7, 11) is 2.84. The Kier molecular flexibility index (Phi) is 3.95. The van der Waals surface area contributed by atoms with Crippen molar-refractivity contribution in [2.45, 2.75) is 6.17 Å². The number of nitrogens with one attached hydrogen (secondary N) is 2. The number of ether oxygens (including phenoxy) is 2. The molecule has 1 unspecified atom stereocenters. The van der Waals surface area contributed by atoms with Gasteiger partial charge in [-0.3, -0.25) is 14.9 Å². The van der Waals surface area contributed by atoms with Crippen molar-refractivity contribution >= 4 is 17.3 Å². The number of anilines is 1. The number of nitrogens with zero attached hydrogens (tertiary/aromatic N) is 1. The first-order chi connectivity index (χ1) is 11.5. The summed E-state index contributed by atoms with van der Waals surface area (Å²) in [6, 6.07) is 9.72. The molecule has 0 fully saturated rings. The van der Waals surface area contributed by atoms with Crippen molar-refractivity contribution in [2.24, 2.45) is 0 Å². The molecule has 0 aromatic heterocycles. The SMILES string of the molecule is COc1cc(C2NC(=O)c3ccccc3N2)c([N+](=O)[O-])cc1OC. The second-order valence-electron chi connectivity index (χ2n) is 5.12.